The van der Waals surface area contributed by atoms with Crippen molar-refractivity contribution in [1.82, 2.24) is 19.3 Å². The number of nitrogens with one attached hydrogen (secondary N) is 1. The van der Waals surface area contributed by atoms with Crippen molar-refractivity contribution in [3.63, 3.8) is 0 Å². The average Bonchev–Trinajstić information content (AvgIpc) is 3.29. The summed E-state index contributed by atoms with van der Waals surface area (Å²) in [5, 5.41) is 3.47. The van der Waals surface area contributed by atoms with E-state index < -0.39 is 10.0 Å². The van der Waals surface area contributed by atoms with Crippen molar-refractivity contribution < 1.29 is 17.6 Å². The number of carbonyl (C=O) groups excluding carboxylic acids is 1. The molecule has 5 rings (SSSR count). The number of nitrogens with zero attached hydrogens (tertiary/aromatic N) is 3. The summed E-state index contributed by atoms with van der Waals surface area (Å²) in [5.41, 5.74) is 2.77. The summed E-state index contributed by atoms with van der Waals surface area (Å²) >= 11 is 0. The highest BCUT2D eigenvalue weighted by Gasteiger charge is 2.22. The van der Waals surface area contributed by atoms with Crippen LogP contribution in [0.5, 0.6) is 0 Å². The van der Waals surface area contributed by atoms with E-state index in [4.69, 9.17) is 0 Å². The number of para-hydroxylation sites is 1. The summed E-state index contributed by atoms with van der Waals surface area (Å²) in [5.74, 6) is -0.717. The molecule has 0 saturated heterocycles. The van der Waals surface area contributed by atoms with E-state index in [1.54, 1.807) is 42.9 Å². The number of rotatable bonds is 6. The molecule has 7 nitrogen and oxygen atoms in total. The van der Waals surface area contributed by atoms with E-state index in [1.807, 2.05) is 12.1 Å². The second-order valence-electron chi connectivity index (χ2n) is 7.78. The predicted molar refractivity (Wildman–Crippen MR) is 130 cm³/mol. The van der Waals surface area contributed by atoms with Gasteiger partial charge in [-0.25, -0.2) is 16.8 Å². The lowest BCUT2D eigenvalue weighted by atomic mass is 10.1. The fourth-order valence-corrected chi connectivity index (χ4v) is 5.14. The first-order valence-corrected chi connectivity index (χ1v) is 12.1. The molecule has 0 aliphatic carbocycles. The molecule has 0 spiro atoms. The van der Waals surface area contributed by atoms with Crippen molar-refractivity contribution >= 4 is 26.8 Å². The monoisotopic (exact) mass is 486 g/mol. The lowest BCUT2D eigenvalue weighted by molar-refractivity contribution is 0.0951. The second-order valence-corrected chi connectivity index (χ2v) is 9.60. The predicted octanol–water partition coefficient (Wildman–Crippen LogP) is 4.40. The molecule has 0 saturated carbocycles. The maximum absolute atomic E-state index is 13.5. The average molecular weight is 487 g/mol. The molecule has 2 aromatic heterocycles. The minimum absolute atomic E-state index is 0.0408. The SMILES string of the molecule is O=C(NCc1ccc(F)cc1)c1ccc(S(=O)(=O)n2cc(-c3cnccn3)c3ccccc32)cc1. The minimum Gasteiger partial charge on any atom is -0.348 e. The molecule has 2 heterocycles. The van der Waals surface area contributed by atoms with Crippen molar-refractivity contribution in [2.24, 2.45) is 0 Å². The minimum atomic E-state index is -3.95. The molecular formula is C26H19FN4O3S. The van der Waals surface area contributed by atoms with Crippen molar-refractivity contribution in [2.45, 2.75) is 11.4 Å². The Bertz CT molecular complexity index is 1620. The van der Waals surface area contributed by atoms with Gasteiger partial charge in [0.1, 0.15) is 5.82 Å². The first-order chi connectivity index (χ1) is 16.9. The van der Waals surface area contributed by atoms with Gasteiger partial charge in [-0.3, -0.25) is 14.8 Å². The number of benzene rings is 3. The Kier molecular flexibility index (Phi) is 5.84. The summed E-state index contributed by atoms with van der Waals surface area (Å²) < 4.78 is 41.3. The summed E-state index contributed by atoms with van der Waals surface area (Å²) in [4.78, 5) is 20.9. The van der Waals surface area contributed by atoms with Crippen LogP contribution in [0.2, 0.25) is 0 Å². The van der Waals surface area contributed by atoms with Gasteiger partial charge in [0, 0.05) is 41.6 Å². The highest BCUT2D eigenvalue weighted by molar-refractivity contribution is 7.90. The van der Waals surface area contributed by atoms with Crippen molar-refractivity contribution in [1.29, 1.82) is 0 Å². The first-order valence-electron chi connectivity index (χ1n) is 10.7. The number of hydrogen-bond donors (Lipinski definition) is 1. The fourth-order valence-electron chi connectivity index (χ4n) is 3.77. The highest BCUT2D eigenvalue weighted by Crippen LogP contribution is 2.31. The summed E-state index contributed by atoms with van der Waals surface area (Å²) in [6.45, 7) is 0.222. The molecule has 3 aromatic carbocycles. The van der Waals surface area contributed by atoms with Gasteiger partial charge in [-0.2, -0.15) is 0 Å². The summed E-state index contributed by atoms with van der Waals surface area (Å²) in [6, 6.07) is 18.7. The normalized spacial score (nSPS) is 11.5. The number of amides is 1. The number of hydrogen-bond acceptors (Lipinski definition) is 5. The second kappa shape index (κ2) is 9.11. The zero-order chi connectivity index (χ0) is 24.4. The molecular weight excluding hydrogens is 467 g/mol. The molecule has 0 radical (unpaired) electrons. The van der Waals surface area contributed by atoms with Crippen molar-refractivity contribution in [3.8, 4) is 11.3 Å². The van der Waals surface area contributed by atoms with Crippen LogP contribution in [0.1, 0.15) is 15.9 Å². The Morgan fingerprint density at radius 1 is 0.943 bits per heavy atom. The Morgan fingerprint density at radius 2 is 1.69 bits per heavy atom. The maximum atomic E-state index is 13.5. The standard InChI is InChI=1S/C26H19FN4O3S/c27-20-9-5-18(6-10-20)15-30-26(32)19-7-11-21(12-8-19)35(33,34)31-17-23(24-16-28-13-14-29-24)22-3-1-2-4-25(22)31/h1-14,16-17H,15H2,(H,30,32). The molecule has 0 atom stereocenters. The van der Waals surface area contributed by atoms with Gasteiger partial charge in [0.15, 0.2) is 0 Å². The lowest BCUT2D eigenvalue weighted by Gasteiger charge is -2.09. The van der Waals surface area contributed by atoms with Crippen LogP contribution in [-0.4, -0.2) is 28.3 Å². The van der Waals surface area contributed by atoms with Crippen LogP contribution in [-0.2, 0) is 16.6 Å². The Morgan fingerprint density at radius 3 is 2.40 bits per heavy atom. The molecule has 35 heavy (non-hydrogen) atoms. The number of halogens is 1. The van der Waals surface area contributed by atoms with E-state index in [0.29, 0.717) is 22.3 Å². The maximum Gasteiger partial charge on any atom is 0.268 e. The zero-order valence-electron chi connectivity index (χ0n) is 18.3. The lowest BCUT2D eigenvalue weighted by Crippen LogP contribution is -2.22. The van der Waals surface area contributed by atoms with Crippen molar-refractivity contribution in [3.05, 3.63) is 115 Å². The topological polar surface area (TPSA) is 94.0 Å². The van der Waals surface area contributed by atoms with Gasteiger partial charge in [-0.05, 0) is 48.0 Å². The number of carbonyl (C=O) groups is 1. The number of fused-ring (bicyclic) bond motifs is 1. The number of aromatic nitrogens is 3. The molecule has 0 aliphatic rings. The molecule has 1 N–H and O–H groups in total. The van der Waals surface area contributed by atoms with Gasteiger partial charge < -0.3 is 5.32 Å². The van der Waals surface area contributed by atoms with Crippen LogP contribution < -0.4 is 5.32 Å². The van der Waals surface area contributed by atoms with Crippen LogP contribution in [0, 0.1) is 5.82 Å². The zero-order valence-corrected chi connectivity index (χ0v) is 19.1. The molecule has 5 aromatic rings. The molecule has 174 valence electrons. The van der Waals surface area contributed by atoms with E-state index in [9.17, 15) is 17.6 Å². The molecule has 0 bridgehead atoms. The summed E-state index contributed by atoms with van der Waals surface area (Å²) in [6.07, 6.45) is 6.22. The van der Waals surface area contributed by atoms with E-state index >= 15 is 0 Å². The van der Waals surface area contributed by atoms with Gasteiger partial charge in [0.2, 0.25) is 0 Å². The fraction of sp³-hybridized carbons (Fsp3) is 0.0385. The molecule has 1 amide bonds. The van der Waals surface area contributed by atoms with Gasteiger partial charge >= 0.3 is 0 Å². The Balaban J connectivity index is 1.42. The van der Waals surface area contributed by atoms with E-state index in [1.165, 1.54) is 46.6 Å². The van der Waals surface area contributed by atoms with E-state index in [0.717, 1.165) is 10.9 Å². The Labute approximate surface area is 201 Å². The quantitative estimate of drug-likeness (QED) is 0.384. The van der Waals surface area contributed by atoms with Crippen LogP contribution >= 0.6 is 0 Å². The van der Waals surface area contributed by atoms with Crippen LogP contribution in [0.25, 0.3) is 22.2 Å². The molecule has 9 heteroatoms. The third-order valence-electron chi connectivity index (χ3n) is 5.56. The van der Waals surface area contributed by atoms with E-state index in [-0.39, 0.29) is 23.2 Å². The van der Waals surface area contributed by atoms with Gasteiger partial charge in [-0.15, -0.1) is 0 Å². The summed E-state index contributed by atoms with van der Waals surface area (Å²) in [7, 11) is -3.95. The third kappa shape index (κ3) is 4.41. The van der Waals surface area contributed by atoms with Crippen molar-refractivity contribution in [2.75, 3.05) is 0 Å². The van der Waals surface area contributed by atoms with E-state index in [2.05, 4.69) is 15.3 Å². The van der Waals surface area contributed by atoms with Crippen LogP contribution in [0.15, 0.2) is 102 Å². The van der Waals surface area contributed by atoms with Crippen LogP contribution in [0.3, 0.4) is 0 Å². The first kappa shape index (κ1) is 22.4. The van der Waals surface area contributed by atoms with Gasteiger partial charge in [0.25, 0.3) is 15.9 Å². The molecule has 0 aliphatic heterocycles. The van der Waals surface area contributed by atoms with Crippen LogP contribution in [0.4, 0.5) is 4.39 Å². The van der Waals surface area contributed by atoms with Gasteiger partial charge in [-0.1, -0.05) is 30.3 Å². The molecule has 0 unspecified atom stereocenters. The Hall–Kier alpha value is -4.37. The highest BCUT2D eigenvalue weighted by atomic mass is 32.2. The largest absolute Gasteiger partial charge is 0.348 e. The third-order valence-corrected chi connectivity index (χ3v) is 7.24. The molecule has 0 fully saturated rings. The van der Waals surface area contributed by atoms with Gasteiger partial charge in [0.05, 0.1) is 22.3 Å². The smallest absolute Gasteiger partial charge is 0.268 e.